The molecule has 1 N–H and O–H groups in total. The van der Waals surface area contributed by atoms with Crippen molar-refractivity contribution in [2.45, 2.75) is 76.9 Å². The first-order chi connectivity index (χ1) is 9.54. The molecule has 0 aromatic heterocycles. The third-order valence-electron chi connectivity index (χ3n) is 4.27. The molecule has 2 atom stereocenters. The topological polar surface area (TPSA) is 56.8 Å². The van der Waals surface area contributed by atoms with Crippen LogP contribution in [0, 0.1) is 0 Å². The van der Waals surface area contributed by atoms with Gasteiger partial charge in [-0.2, -0.15) is 0 Å². The van der Waals surface area contributed by atoms with E-state index in [1.54, 1.807) is 0 Å². The van der Waals surface area contributed by atoms with Crippen molar-refractivity contribution in [3.05, 3.63) is 0 Å². The van der Waals surface area contributed by atoms with E-state index in [-0.39, 0.29) is 23.8 Å². The van der Waals surface area contributed by atoms with E-state index in [9.17, 15) is 4.79 Å². The van der Waals surface area contributed by atoms with E-state index in [0.29, 0.717) is 13.2 Å². The van der Waals surface area contributed by atoms with Crippen molar-refractivity contribution in [3.63, 3.8) is 0 Å². The number of carbonyl (C=O) groups excluding carboxylic acids is 1. The van der Waals surface area contributed by atoms with Gasteiger partial charge >= 0.3 is 0 Å². The zero-order valence-electron chi connectivity index (χ0n) is 12.8. The Kier molecular flexibility index (Phi) is 5.41. The molecule has 1 spiro atoms. The van der Waals surface area contributed by atoms with Gasteiger partial charge in [0.1, 0.15) is 6.10 Å². The van der Waals surface area contributed by atoms with Crippen molar-refractivity contribution in [3.8, 4) is 0 Å². The molecule has 1 heterocycles. The molecule has 2 fully saturated rings. The number of carbonyl (C=O) groups is 1. The fourth-order valence-electron chi connectivity index (χ4n) is 2.77. The summed E-state index contributed by atoms with van der Waals surface area (Å²) in [6, 6.07) is 0.198. The van der Waals surface area contributed by atoms with Crippen molar-refractivity contribution >= 4 is 5.91 Å². The number of hydrogen-bond acceptors (Lipinski definition) is 4. The van der Waals surface area contributed by atoms with E-state index in [2.05, 4.69) is 12.2 Å². The van der Waals surface area contributed by atoms with Crippen molar-refractivity contribution in [1.29, 1.82) is 0 Å². The van der Waals surface area contributed by atoms with Crippen LogP contribution in [0.4, 0.5) is 0 Å². The van der Waals surface area contributed by atoms with Gasteiger partial charge in [0.05, 0.1) is 19.3 Å². The van der Waals surface area contributed by atoms with Gasteiger partial charge in [-0.1, -0.05) is 6.92 Å². The van der Waals surface area contributed by atoms with Gasteiger partial charge in [0.15, 0.2) is 5.79 Å². The van der Waals surface area contributed by atoms with Crippen molar-refractivity contribution < 1.29 is 19.0 Å². The maximum Gasteiger partial charge on any atom is 0.249 e. The molecule has 2 unspecified atom stereocenters. The smallest absolute Gasteiger partial charge is 0.249 e. The van der Waals surface area contributed by atoms with Gasteiger partial charge < -0.3 is 19.5 Å². The molecule has 2 rings (SSSR count). The molecule has 0 aromatic rings. The standard InChI is InChI=1S/C15H27NO4/c1-4-11(2)16-14(17)12(3)20-13-5-7-15(8-6-13)18-9-10-19-15/h11-13H,4-10H2,1-3H3,(H,16,17). The van der Waals surface area contributed by atoms with Crippen LogP contribution in [0.15, 0.2) is 0 Å². The van der Waals surface area contributed by atoms with Crippen LogP contribution in [0.25, 0.3) is 0 Å². The maximum atomic E-state index is 12.0. The molecule has 1 aliphatic carbocycles. The van der Waals surface area contributed by atoms with Crippen LogP contribution in [0.1, 0.15) is 52.9 Å². The lowest BCUT2D eigenvalue weighted by molar-refractivity contribution is -0.195. The summed E-state index contributed by atoms with van der Waals surface area (Å²) in [5, 5.41) is 2.95. The highest BCUT2D eigenvalue weighted by Crippen LogP contribution is 2.36. The summed E-state index contributed by atoms with van der Waals surface area (Å²) in [5.74, 6) is -0.379. The Morgan fingerprint density at radius 1 is 1.30 bits per heavy atom. The molecular formula is C15H27NO4. The highest BCUT2D eigenvalue weighted by Gasteiger charge is 2.41. The van der Waals surface area contributed by atoms with E-state index in [0.717, 1.165) is 32.1 Å². The number of hydrogen-bond donors (Lipinski definition) is 1. The second kappa shape index (κ2) is 6.87. The minimum Gasteiger partial charge on any atom is -0.365 e. The van der Waals surface area contributed by atoms with E-state index in [1.165, 1.54) is 0 Å². The maximum absolute atomic E-state index is 12.0. The Balaban J connectivity index is 1.73. The molecule has 20 heavy (non-hydrogen) atoms. The third kappa shape index (κ3) is 3.93. The second-order valence-corrected chi connectivity index (χ2v) is 5.90. The molecule has 0 aromatic carbocycles. The average Bonchev–Trinajstić information content (AvgIpc) is 2.89. The van der Waals surface area contributed by atoms with Crippen molar-refractivity contribution in [2.24, 2.45) is 0 Å². The Morgan fingerprint density at radius 3 is 2.45 bits per heavy atom. The van der Waals surface area contributed by atoms with E-state index in [4.69, 9.17) is 14.2 Å². The Morgan fingerprint density at radius 2 is 1.90 bits per heavy atom. The van der Waals surface area contributed by atoms with Gasteiger partial charge in [-0.3, -0.25) is 4.79 Å². The SMILES string of the molecule is CCC(C)NC(=O)C(C)OC1CCC2(CC1)OCCO2. The van der Waals surface area contributed by atoms with Gasteiger partial charge in [0.25, 0.3) is 0 Å². The van der Waals surface area contributed by atoms with Crippen LogP contribution >= 0.6 is 0 Å². The summed E-state index contributed by atoms with van der Waals surface area (Å²) < 4.78 is 17.3. The van der Waals surface area contributed by atoms with Gasteiger partial charge in [-0.15, -0.1) is 0 Å². The van der Waals surface area contributed by atoms with Crippen LogP contribution in [-0.4, -0.2) is 43.2 Å². The first-order valence-electron chi connectivity index (χ1n) is 7.78. The largest absolute Gasteiger partial charge is 0.365 e. The van der Waals surface area contributed by atoms with Gasteiger partial charge in [0.2, 0.25) is 5.91 Å². The highest BCUT2D eigenvalue weighted by molar-refractivity contribution is 5.80. The molecule has 1 saturated carbocycles. The van der Waals surface area contributed by atoms with E-state index >= 15 is 0 Å². The summed E-state index contributed by atoms with van der Waals surface area (Å²) in [5.41, 5.74) is 0. The molecule has 0 bridgehead atoms. The van der Waals surface area contributed by atoms with Crippen molar-refractivity contribution in [1.82, 2.24) is 5.32 Å². The Hall–Kier alpha value is -0.650. The first-order valence-corrected chi connectivity index (χ1v) is 7.78. The Labute approximate surface area is 121 Å². The van der Waals surface area contributed by atoms with E-state index < -0.39 is 6.10 Å². The normalized spacial score (nSPS) is 25.6. The molecule has 1 saturated heterocycles. The number of amides is 1. The zero-order valence-corrected chi connectivity index (χ0v) is 12.8. The van der Waals surface area contributed by atoms with Gasteiger partial charge in [0, 0.05) is 18.9 Å². The molecule has 0 radical (unpaired) electrons. The summed E-state index contributed by atoms with van der Waals surface area (Å²) in [6.45, 7) is 7.27. The zero-order chi connectivity index (χ0) is 14.6. The molecule has 1 aliphatic heterocycles. The lowest BCUT2D eigenvalue weighted by atomic mass is 9.91. The van der Waals surface area contributed by atoms with Crippen LogP contribution < -0.4 is 5.32 Å². The average molecular weight is 285 g/mol. The number of ether oxygens (including phenoxy) is 3. The minimum absolute atomic E-state index is 0.0204. The van der Waals surface area contributed by atoms with Gasteiger partial charge in [-0.05, 0) is 33.1 Å². The lowest BCUT2D eigenvalue weighted by Crippen LogP contribution is -2.43. The minimum atomic E-state index is -0.395. The van der Waals surface area contributed by atoms with Crippen molar-refractivity contribution in [2.75, 3.05) is 13.2 Å². The number of rotatable bonds is 5. The highest BCUT2D eigenvalue weighted by atomic mass is 16.7. The van der Waals surface area contributed by atoms with Crippen LogP contribution in [0.2, 0.25) is 0 Å². The first kappa shape index (κ1) is 15.7. The summed E-state index contributed by atoms with van der Waals surface area (Å²) in [6.07, 6.45) is 4.16. The molecule has 5 nitrogen and oxygen atoms in total. The predicted octanol–water partition coefficient (Wildman–Crippen LogP) is 1.99. The van der Waals surface area contributed by atoms with Crippen LogP contribution in [-0.2, 0) is 19.0 Å². The monoisotopic (exact) mass is 285 g/mol. The van der Waals surface area contributed by atoms with Crippen LogP contribution in [0.5, 0.6) is 0 Å². The molecular weight excluding hydrogens is 258 g/mol. The molecule has 2 aliphatic rings. The summed E-state index contributed by atoms with van der Waals surface area (Å²) >= 11 is 0. The van der Waals surface area contributed by atoms with Gasteiger partial charge in [-0.25, -0.2) is 0 Å². The van der Waals surface area contributed by atoms with Crippen LogP contribution in [0.3, 0.4) is 0 Å². The summed E-state index contributed by atoms with van der Waals surface area (Å²) in [4.78, 5) is 12.0. The quantitative estimate of drug-likeness (QED) is 0.839. The Bertz CT molecular complexity index is 318. The third-order valence-corrected chi connectivity index (χ3v) is 4.27. The van der Waals surface area contributed by atoms with E-state index in [1.807, 2.05) is 13.8 Å². The number of nitrogens with one attached hydrogen (secondary N) is 1. The molecule has 116 valence electrons. The predicted molar refractivity (Wildman–Crippen MR) is 75.3 cm³/mol. The lowest BCUT2D eigenvalue weighted by Gasteiger charge is -2.36. The molecule has 1 amide bonds. The fraction of sp³-hybridized carbons (Fsp3) is 0.933. The molecule has 5 heteroatoms. The fourth-order valence-corrected chi connectivity index (χ4v) is 2.77. The summed E-state index contributed by atoms with van der Waals surface area (Å²) in [7, 11) is 0. The second-order valence-electron chi connectivity index (χ2n) is 5.90.